The fraction of sp³-hybridized carbons (Fsp3) is 0.400. The maximum atomic E-state index is 12.2. The van der Waals surface area contributed by atoms with Gasteiger partial charge >= 0.3 is 0 Å². The summed E-state index contributed by atoms with van der Waals surface area (Å²) in [5.74, 6) is 1.01. The molecule has 1 aliphatic rings. The van der Waals surface area contributed by atoms with Gasteiger partial charge in [0.25, 0.3) is 5.91 Å². The first-order chi connectivity index (χ1) is 9.74. The molecule has 0 atom stereocenters. The van der Waals surface area contributed by atoms with Gasteiger partial charge < -0.3 is 9.32 Å². The van der Waals surface area contributed by atoms with Crippen LogP contribution in [0.4, 0.5) is 0 Å². The van der Waals surface area contributed by atoms with Gasteiger partial charge in [0.15, 0.2) is 11.6 Å². The summed E-state index contributed by atoms with van der Waals surface area (Å²) >= 11 is 0. The maximum Gasteiger partial charge on any atom is 0.275 e. The van der Waals surface area contributed by atoms with Gasteiger partial charge in [-0.1, -0.05) is 0 Å². The number of nitrogens with zero attached hydrogens (tertiary/aromatic N) is 3. The van der Waals surface area contributed by atoms with Gasteiger partial charge in [0.05, 0.1) is 0 Å². The van der Waals surface area contributed by atoms with E-state index >= 15 is 0 Å². The fourth-order valence-electron chi connectivity index (χ4n) is 2.68. The van der Waals surface area contributed by atoms with E-state index in [0.29, 0.717) is 17.5 Å². The highest BCUT2D eigenvalue weighted by atomic mass is 16.3. The minimum absolute atomic E-state index is 0.0324. The highest BCUT2D eigenvalue weighted by molar-refractivity contribution is 5.92. The summed E-state index contributed by atoms with van der Waals surface area (Å²) in [6.07, 6.45) is 7.04. The molecule has 0 aromatic carbocycles. The summed E-state index contributed by atoms with van der Waals surface area (Å²) in [6, 6.07) is 4.12. The Labute approximate surface area is 117 Å². The number of likely N-dealkylation sites (tertiary alicyclic amines) is 1. The Kier molecular flexibility index (Phi) is 3.50. The molecule has 0 saturated carbocycles. The van der Waals surface area contributed by atoms with Gasteiger partial charge in [-0.15, -0.1) is 0 Å². The number of carbonyl (C=O) groups excluding carboxylic acids is 1. The van der Waals surface area contributed by atoms with Gasteiger partial charge in [-0.05, 0) is 36.5 Å². The number of oxazole rings is 1. The molecule has 0 spiro atoms. The molecule has 0 bridgehead atoms. The van der Waals surface area contributed by atoms with Crippen LogP contribution >= 0.6 is 0 Å². The van der Waals surface area contributed by atoms with Crippen molar-refractivity contribution in [1.29, 1.82) is 0 Å². The van der Waals surface area contributed by atoms with Crippen molar-refractivity contribution in [3.05, 3.63) is 47.9 Å². The summed E-state index contributed by atoms with van der Waals surface area (Å²) in [6.45, 7) is 3.27. The van der Waals surface area contributed by atoms with Crippen LogP contribution in [-0.2, 0) is 0 Å². The molecule has 1 aliphatic heterocycles. The van der Waals surface area contributed by atoms with Gasteiger partial charge in [0, 0.05) is 32.4 Å². The normalized spacial score (nSPS) is 16.4. The van der Waals surface area contributed by atoms with Crippen LogP contribution < -0.4 is 0 Å². The maximum absolute atomic E-state index is 12.2. The Bertz CT molecular complexity index is 586. The van der Waals surface area contributed by atoms with Crippen molar-refractivity contribution in [2.24, 2.45) is 0 Å². The molecule has 5 heteroatoms. The predicted octanol–water partition coefficient (Wildman–Crippen LogP) is 2.40. The highest BCUT2D eigenvalue weighted by Crippen LogP contribution is 2.28. The van der Waals surface area contributed by atoms with Crippen LogP contribution in [0.2, 0.25) is 0 Å². The van der Waals surface area contributed by atoms with Gasteiger partial charge in [0.2, 0.25) is 0 Å². The van der Waals surface area contributed by atoms with Gasteiger partial charge in [0.1, 0.15) is 6.26 Å². The lowest BCUT2D eigenvalue weighted by molar-refractivity contribution is 0.0707. The number of piperidine rings is 1. The van der Waals surface area contributed by atoms with Gasteiger partial charge in [-0.3, -0.25) is 9.78 Å². The topological polar surface area (TPSA) is 59.2 Å². The second kappa shape index (κ2) is 5.45. The molecule has 0 unspecified atom stereocenters. The molecule has 1 fully saturated rings. The first kappa shape index (κ1) is 12.8. The Morgan fingerprint density at radius 2 is 2.00 bits per heavy atom. The van der Waals surface area contributed by atoms with Crippen LogP contribution in [0.1, 0.15) is 40.7 Å². The molecule has 1 saturated heterocycles. The molecule has 20 heavy (non-hydrogen) atoms. The molecule has 0 aliphatic carbocycles. The van der Waals surface area contributed by atoms with Crippen LogP contribution in [0.15, 0.2) is 35.2 Å². The van der Waals surface area contributed by atoms with Crippen LogP contribution in [0.5, 0.6) is 0 Å². The van der Waals surface area contributed by atoms with Gasteiger partial charge in [-0.25, -0.2) is 4.98 Å². The lowest BCUT2D eigenvalue weighted by atomic mass is 9.90. The fourth-order valence-corrected chi connectivity index (χ4v) is 2.68. The van der Waals surface area contributed by atoms with Crippen molar-refractivity contribution in [1.82, 2.24) is 14.9 Å². The molecule has 3 heterocycles. The number of aryl methyl sites for hydroxylation is 1. The van der Waals surface area contributed by atoms with Crippen molar-refractivity contribution in [2.75, 3.05) is 13.1 Å². The molecule has 104 valence electrons. The van der Waals surface area contributed by atoms with E-state index in [1.165, 1.54) is 11.8 Å². The Morgan fingerprint density at radius 3 is 2.60 bits per heavy atom. The van der Waals surface area contributed by atoms with E-state index in [1.54, 1.807) is 6.92 Å². The van der Waals surface area contributed by atoms with E-state index in [4.69, 9.17) is 4.42 Å². The smallest absolute Gasteiger partial charge is 0.275 e. The van der Waals surface area contributed by atoms with E-state index < -0.39 is 0 Å². The zero-order valence-corrected chi connectivity index (χ0v) is 11.5. The molecular weight excluding hydrogens is 254 g/mol. The third kappa shape index (κ3) is 2.57. The Morgan fingerprint density at radius 1 is 1.30 bits per heavy atom. The van der Waals surface area contributed by atoms with Crippen molar-refractivity contribution in [3.8, 4) is 0 Å². The molecule has 1 amide bonds. The first-order valence-electron chi connectivity index (χ1n) is 6.85. The summed E-state index contributed by atoms with van der Waals surface area (Å²) < 4.78 is 5.10. The number of hydrogen-bond donors (Lipinski definition) is 0. The van der Waals surface area contributed by atoms with E-state index in [-0.39, 0.29) is 5.91 Å². The quantitative estimate of drug-likeness (QED) is 0.841. The molecule has 2 aromatic heterocycles. The number of amides is 1. The van der Waals surface area contributed by atoms with Crippen molar-refractivity contribution in [3.63, 3.8) is 0 Å². The summed E-state index contributed by atoms with van der Waals surface area (Å²) in [5.41, 5.74) is 1.72. The summed E-state index contributed by atoms with van der Waals surface area (Å²) in [5, 5.41) is 0. The highest BCUT2D eigenvalue weighted by Gasteiger charge is 2.25. The largest absolute Gasteiger partial charge is 0.448 e. The molecule has 0 N–H and O–H groups in total. The number of hydrogen-bond acceptors (Lipinski definition) is 4. The predicted molar refractivity (Wildman–Crippen MR) is 73.4 cm³/mol. The second-order valence-corrected chi connectivity index (χ2v) is 5.10. The third-order valence-corrected chi connectivity index (χ3v) is 3.80. The van der Waals surface area contributed by atoms with Crippen molar-refractivity contribution < 1.29 is 9.21 Å². The minimum Gasteiger partial charge on any atom is -0.448 e. The molecule has 5 nitrogen and oxygen atoms in total. The van der Waals surface area contributed by atoms with Crippen molar-refractivity contribution in [2.45, 2.75) is 25.7 Å². The lowest BCUT2D eigenvalue weighted by Crippen LogP contribution is -2.38. The average molecular weight is 271 g/mol. The zero-order valence-electron chi connectivity index (χ0n) is 11.5. The van der Waals surface area contributed by atoms with Crippen LogP contribution in [-0.4, -0.2) is 33.9 Å². The summed E-state index contributed by atoms with van der Waals surface area (Å²) in [4.78, 5) is 22.2. The number of carbonyl (C=O) groups is 1. The van der Waals surface area contributed by atoms with E-state index in [2.05, 4.69) is 22.1 Å². The second-order valence-electron chi connectivity index (χ2n) is 5.10. The zero-order chi connectivity index (χ0) is 13.9. The average Bonchev–Trinajstić information content (AvgIpc) is 2.94. The number of pyridine rings is 1. The van der Waals surface area contributed by atoms with Crippen LogP contribution in [0.25, 0.3) is 0 Å². The monoisotopic (exact) mass is 271 g/mol. The molecule has 3 rings (SSSR count). The Hall–Kier alpha value is -2.17. The third-order valence-electron chi connectivity index (χ3n) is 3.80. The number of rotatable bonds is 2. The van der Waals surface area contributed by atoms with Crippen LogP contribution in [0, 0.1) is 6.92 Å². The minimum atomic E-state index is -0.0324. The molecule has 0 radical (unpaired) electrons. The first-order valence-corrected chi connectivity index (χ1v) is 6.85. The van der Waals surface area contributed by atoms with Crippen molar-refractivity contribution >= 4 is 5.91 Å². The van der Waals surface area contributed by atoms with E-state index in [0.717, 1.165) is 25.9 Å². The standard InChI is InChI=1S/C15H17N3O2/c1-11-17-14(10-20-11)15(19)18-8-4-13(5-9-18)12-2-6-16-7-3-12/h2-3,6-7,10,13H,4-5,8-9H2,1H3. The SMILES string of the molecule is Cc1nc(C(=O)N2CCC(c3ccncc3)CC2)co1. The Balaban J connectivity index is 1.63. The lowest BCUT2D eigenvalue weighted by Gasteiger charge is -2.31. The molecular formula is C15H17N3O2. The van der Waals surface area contributed by atoms with E-state index in [1.807, 2.05) is 17.3 Å². The molecule has 2 aromatic rings. The summed E-state index contributed by atoms with van der Waals surface area (Å²) in [7, 11) is 0. The van der Waals surface area contributed by atoms with Crippen LogP contribution in [0.3, 0.4) is 0 Å². The van der Waals surface area contributed by atoms with E-state index in [9.17, 15) is 4.79 Å². The number of aromatic nitrogens is 2. The van der Waals surface area contributed by atoms with Gasteiger partial charge in [-0.2, -0.15) is 0 Å².